The Hall–Kier alpha value is -1.33. The van der Waals surface area contributed by atoms with Gasteiger partial charge in [0.25, 0.3) is 0 Å². The van der Waals surface area contributed by atoms with Crippen molar-refractivity contribution < 1.29 is 24.2 Å². The number of benzene rings is 2. The van der Waals surface area contributed by atoms with Gasteiger partial charge in [-0.15, -0.1) is 12.0 Å². The van der Waals surface area contributed by atoms with Crippen LogP contribution in [-0.2, 0) is 30.7 Å². The molecule has 0 radical (unpaired) electrons. The quantitative estimate of drug-likeness (QED) is 0.344. The van der Waals surface area contributed by atoms with Gasteiger partial charge in [0.15, 0.2) is 0 Å². The number of rotatable bonds is 6. The molecule has 144 valence electrons. The molecule has 2 aromatic rings. The molecule has 28 heavy (non-hydrogen) atoms. The Morgan fingerprint density at radius 3 is 2.29 bits per heavy atom. The van der Waals surface area contributed by atoms with E-state index in [9.17, 15) is 0 Å². The van der Waals surface area contributed by atoms with Gasteiger partial charge in [0.1, 0.15) is 0 Å². The van der Waals surface area contributed by atoms with Crippen LogP contribution in [0.15, 0.2) is 60.7 Å². The van der Waals surface area contributed by atoms with E-state index in [-0.39, 0.29) is 0 Å². The van der Waals surface area contributed by atoms with Gasteiger partial charge in [-0.1, -0.05) is 35.4 Å². The maximum absolute atomic E-state index is 3.30. The van der Waals surface area contributed by atoms with E-state index in [0.717, 1.165) is 12.8 Å². The van der Waals surface area contributed by atoms with Gasteiger partial charge in [0, 0.05) is 0 Å². The molecule has 0 atom stereocenters. The molecule has 0 aromatic heterocycles. The largest absolute Gasteiger partial charge is 0.273 e. The van der Waals surface area contributed by atoms with E-state index in [2.05, 4.69) is 68.5 Å². The van der Waals surface area contributed by atoms with Gasteiger partial charge in [-0.25, -0.2) is 12.2 Å². The summed E-state index contributed by atoms with van der Waals surface area (Å²) < 4.78 is 1.79. The van der Waals surface area contributed by atoms with Crippen LogP contribution in [0, 0.1) is 12.1 Å². The molecule has 0 aliphatic heterocycles. The summed E-state index contributed by atoms with van der Waals surface area (Å²) in [7, 11) is 0. The van der Waals surface area contributed by atoms with Crippen LogP contribution in [0.4, 0.5) is 0 Å². The number of hydrogen-bond acceptors (Lipinski definition) is 0. The van der Waals surface area contributed by atoms with Gasteiger partial charge in [0.05, 0.1) is 0 Å². The van der Waals surface area contributed by atoms with Gasteiger partial charge in [-0.05, 0) is 6.42 Å². The van der Waals surface area contributed by atoms with Gasteiger partial charge >= 0.3 is 79.8 Å². The fourth-order valence-corrected chi connectivity index (χ4v) is 4.11. The molecule has 4 rings (SSSR count). The van der Waals surface area contributed by atoms with Crippen molar-refractivity contribution in [2.24, 2.45) is 0 Å². The predicted molar refractivity (Wildman–Crippen MR) is 119 cm³/mol. The summed E-state index contributed by atoms with van der Waals surface area (Å²) in [4.78, 5) is 0. The number of unbranched alkanes of at least 4 members (excludes halogenated alkanes) is 2. The summed E-state index contributed by atoms with van der Waals surface area (Å²) in [5, 5.41) is 0. The summed E-state index contributed by atoms with van der Waals surface area (Å²) in [6.45, 7) is 4.53. The summed E-state index contributed by atoms with van der Waals surface area (Å²) in [5.41, 5.74) is 5.51. The van der Waals surface area contributed by atoms with Crippen molar-refractivity contribution in [2.45, 2.75) is 65.2 Å². The molecule has 0 nitrogen and oxygen atoms in total. The zero-order chi connectivity index (χ0) is 20.0. The fourth-order valence-electron chi connectivity index (χ4n) is 3.24. The van der Waals surface area contributed by atoms with Crippen molar-refractivity contribution in [3.05, 3.63) is 84.0 Å². The second kappa shape index (κ2) is 13.8. The molecule has 0 unspecified atom stereocenters. The first-order valence-corrected chi connectivity index (χ1v) is 11.8. The van der Waals surface area contributed by atoms with Crippen molar-refractivity contribution in [3.63, 3.8) is 0 Å². The number of allylic oxidation sites excluding steroid dienone is 4. The average Bonchev–Trinajstić information content (AvgIpc) is 3.42. The van der Waals surface area contributed by atoms with E-state index >= 15 is 0 Å². The van der Waals surface area contributed by atoms with Crippen LogP contribution < -0.4 is 0 Å². The van der Waals surface area contributed by atoms with E-state index in [1.165, 1.54) is 60.8 Å². The van der Waals surface area contributed by atoms with E-state index < -0.39 is 0 Å². The summed E-state index contributed by atoms with van der Waals surface area (Å²) in [6.07, 6.45) is 19.4. The second-order valence-electron chi connectivity index (χ2n) is 7.21. The van der Waals surface area contributed by atoms with Crippen LogP contribution in [0.5, 0.6) is 0 Å². The van der Waals surface area contributed by atoms with Crippen LogP contribution in [0.25, 0.3) is 11.1 Å². The van der Waals surface area contributed by atoms with E-state index in [1.54, 1.807) is 27.4 Å². The molecule has 0 bridgehead atoms. The van der Waals surface area contributed by atoms with Crippen LogP contribution >= 0.6 is 0 Å². The van der Waals surface area contributed by atoms with Gasteiger partial charge in [-0.2, -0.15) is 35.9 Å². The monoisotopic (exact) mass is 446 g/mol. The molecule has 0 spiro atoms. The minimum absolute atomic E-state index is 1.01. The molecule has 0 saturated carbocycles. The Bertz CT molecular complexity index is 719. The summed E-state index contributed by atoms with van der Waals surface area (Å²) in [6, 6.07) is 18.1. The second-order valence-corrected chi connectivity index (χ2v) is 8.95. The molecule has 2 aliphatic rings. The molecular weight excluding hydrogens is 416 g/mol. The third kappa shape index (κ3) is 7.96. The zero-order valence-electron chi connectivity index (χ0n) is 17.4. The Morgan fingerprint density at radius 2 is 1.68 bits per heavy atom. The molecule has 0 heterocycles. The third-order valence-corrected chi connectivity index (χ3v) is 6.10. The van der Waals surface area contributed by atoms with Gasteiger partial charge in [-0.3, -0.25) is 6.08 Å². The van der Waals surface area contributed by atoms with Crippen molar-refractivity contribution in [1.29, 1.82) is 0 Å². The molecule has 1 heteroatoms. The van der Waals surface area contributed by atoms with Crippen LogP contribution in [0.3, 0.4) is 0 Å². The van der Waals surface area contributed by atoms with Crippen LogP contribution in [-0.4, -0.2) is 3.21 Å². The first kappa shape index (κ1) is 23.0. The molecule has 2 aromatic carbocycles. The summed E-state index contributed by atoms with van der Waals surface area (Å²) >= 11 is 1.67. The number of fused-ring (bicyclic) bond motifs is 3. The van der Waals surface area contributed by atoms with Crippen molar-refractivity contribution >= 4 is 3.21 Å². The Labute approximate surface area is 187 Å². The van der Waals surface area contributed by atoms with Crippen molar-refractivity contribution in [1.82, 2.24) is 0 Å². The molecule has 0 saturated heterocycles. The Kier molecular flexibility index (Phi) is 11.3. The maximum atomic E-state index is 3.30. The van der Waals surface area contributed by atoms with Gasteiger partial charge < -0.3 is 0 Å². The van der Waals surface area contributed by atoms with Crippen molar-refractivity contribution in [2.75, 3.05) is 0 Å². The molecule has 2 aliphatic carbocycles. The van der Waals surface area contributed by atoms with E-state index in [4.69, 9.17) is 0 Å². The van der Waals surface area contributed by atoms with Crippen molar-refractivity contribution in [3.8, 4) is 11.1 Å². The Balaban J connectivity index is 0.000000166. The van der Waals surface area contributed by atoms with Gasteiger partial charge in [0.2, 0.25) is 0 Å². The Morgan fingerprint density at radius 1 is 0.964 bits per heavy atom. The first-order valence-electron chi connectivity index (χ1n) is 10.6. The minimum atomic E-state index is 1.01. The fraction of sp³-hybridized carbons (Fsp3) is 0.370. The minimum Gasteiger partial charge on any atom is -0.273 e. The molecule has 0 amide bonds. The van der Waals surface area contributed by atoms with Crippen LogP contribution in [0.1, 0.15) is 69.9 Å². The van der Waals surface area contributed by atoms with E-state index in [1.807, 2.05) is 18.2 Å². The molecular formula is C27H32Zr. The SMILES string of the molecule is CCCC[C](=[Zr+2])CCCC.[C-]1=CC=CC1.[c-]1cccc2c1Cc1ccccc1-2. The zero-order valence-corrected chi connectivity index (χ0v) is 19.9. The predicted octanol–water partition coefficient (Wildman–Crippen LogP) is 7.45. The molecule has 0 N–H and O–H groups in total. The maximum Gasteiger partial charge on any atom is -0.0253 e. The first-order chi connectivity index (χ1) is 13.8. The third-order valence-electron chi connectivity index (χ3n) is 4.87. The summed E-state index contributed by atoms with van der Waals surface area (Å²) in [5.74, 6) is 0. The average molecular weight is 448 g/mol. The number of hydrogen-bond donors (Lipinski definition) is 0. The molecule has 0 fully saturated rings. The standard InChI is InChI=1S/C13H9.C9H18.C5H5.Zr/c1-3-7-12-10(5-1)9-11-6-2-4-8-13(11)12;1-3-5-7-9-8-6-4-2;1-2-4-5-3-1;/h1-5,7-8H,9H2;3-8H2,1-2H3;1-3H,4H2;/q-1;;-1;+2. The topological polar surface area (TPSA) is 0 Å². The smallest absolute Gasteiger partial charge is 0.0253 e. The van der Waals surface area contributed by atoms with Crippen LogP contribution in [0.2, 0.25) is 0 Å². The normalized spacial score (nSPS) is 12.4. The van der Waals surface area contributed by atoms with E-state index in [0.29, 0.717) is 0 Å².